The van der Waals surface area contributed by atoms with Crippen LogP contribution in [0, 0.1) is 5.82 Å². The molecule has 9 heteroatoms. The Morgan fingerprint density at radius 3 is 2.76 bits per heavy atom. The summed E-state index contributed by atoms with van der Waals surface area (Å²) in [6.07, 6.45) is 0.0328. The summed E-state index contributed by atoms with van der Waals surface area (Å²) >= 11 is 7.62. The summed E-state index contributed by atoms with van der Waals surface area (Å²) in [7, 11) is 1.32. The molecule has 0 saturated carbocycles. The second-order valence-electron chi connectivity index (χ2n) is 7.48. The molecule has 0 spiro atoms. The van der Waals surface area contributed by atoms with Crippen molar-refractivity contribution in [2.75, 3.05) is 7.11 Å². The van der Waals surface area contributed by atoms with Crippen LogP contribution in [0.1, 0.15) is 30.5 Å². The van der Waals surface area contributed by atoms with Gasteiger partial charge in [0.05, 0.1) is 30.8 Å². The Balaban J connectivity index is 1.60. The number of thioether (sulfide) groups is 1. The van der Waals surface area contributed by atoms with Crippen LogP contribution in [0.5, 0.6) is 0 Å². The van der Waals surface area contributed by atoms with Crippen LogP contribution in [-0.4, -0.2) is 29.1 Å². The first-order valence-electron chi connectivity index (χ1n) is 10.2. The zero-order valence-electron chi connectivity index (χ0n) is 18.0. The highest BCUT2D eigenvalue weighted by Gasteiger charge is 2.41. The number of aliphatic imine (C=N–C) groups is 1. The third-order valence-corrected chi connectivity index (χ3v) is 6.47. The Morgan fingerprint density at radius 2 is 2.03 bits per heavy atom. The fraction of sp³-hybridized carbons (Fsp3) is 0.208. The van der Waals surface area contributed by atoms with E-state index in [0.29, 0.717) is 32.7 Å². The van der Waals surface area contributed by atoms with Gasteiger partial charge in [-0.15, -0.1) is 0 Å². The standard InChI is InChI=1S/C24H21ClFN3O3S/c1-14-21(23(31)32-2)22(15-7-5-8-17(25)10-15)29-18(13-33-24(29)28-14)11-20(30)27-12-16-6-3-4-9-19(16)26/h3-10,13,22H,11-12H2,1-2H3,(H,27,30)/t22-/m0/s1. The Morgan fingerprint density at radius 1 is 1.24 bits per heavy atom. The number of rotatable bonds is 6. The number of hydrogen-bond acceptors (Lipinski definition) is 6. The van der Waals surface area contributed by atoms with E-state index in [9.17, 15) is 14.0 Å². The molecule has 0 fully saturated rings. The number of methoxy groups -OCH3 is 1. The predicted molar refractivity (Wildman–Crippen MR) is 127 cm³/mol. The van der Waals surface area contributed by atoms with E-state index < -0.39 is 12.0 Å². The number of carbonyl (C=O) groups is 2. The molecule has 2 aliphatic rings. The molecule has 2 heterocycles. The van der Waals surface area contributed by atoms with Gasteiger partial charge >= 0.3 is 5.97 Å². The zero-order valence-corrected chi connectivity index (χ0v) is 19.5. The fourth-order valence-electron chi connectivity index (χ4n) is 3.80. The van der Waals surface area contributed by atoms with E-state index in [1.54, 1.807) is 43.3 Å². The molecular weight excluding hydrogens is 465 g/mol. The number of amidine groups is 1. The number of nitrogens with one attached hydrogen (secondary N) is 1. The monoisotopic (exact) mass is 485 g/mol. The topological polar surface area (TPSA) is 71.0 Å². The van der Waals surface area contributed by atoms with Gasteiger partial charge < -0.3 is 15.0 Å². The van der Waals surface area contributed by atoms with Crippen LogP contribution in [0.3, 0.4) is 0 Å². The molecule has 1 N–H and O–H groups in total. The van der Waals surface area contributed by atoms with Crippen molar-refractivity contribution in [3.05, 3.63) is 92.9 Å². The van der Waals surface area contributed by atoms with Gasteiger partial charge in [0, 0.05) is 22.8 Å². The summed E-state index contributed by atoms with van der Waals surface area (Å²) in [5.41, 5.74) is 2.77. The van der Waals surface area contributed by atoms with Crippen LogP contribution in [0.2, 0.25) is 5.02 Å². The molecule has 0 aromatic heterocycles. The molecule has 0 saturated heterocycles. The Kier molecular flexibility index (Phi) is 6.85. The van der Waals surface area contributed by atoms with Crippen LogP contribution >= 0.6 is 23.4 Å². The number of fused-ring (bicyclic) bond motifs is 1. The minimum absolute atomic E-state index is 0.0328. The Bertz CT molecular complexity index is 1210. The quantitative estimate of drug-likeness (QED) is 0.587. The Labute approximate surface area is 200 Å². The molecule has 1 amide bonds. The maximum Gasteiger partial charge on any atom is 0.338 e. The zero-order chi connectivity index (χ0) is 23.5. The molecule has 2 aliphatic heterocycles. The first-order valence-corrected chi connectivity index (χ1v) is 11.4. The van der Waals surface area contributed by atoms with E-state index in [4.69, 9.17) is 16.3 Å². The lowest BCUT2D eigenvalue weighted by molar-refractivity contribution is -0.136. The van der Waals surface area contributed by atoms with Crippen molar-refractivity contribution in [1.82, 2.24) is 10.2 Å². The first-order chi connectivity index (χ1) is 15.9. The minimum atomic E-state index is -0.552. The molecule has 2 aromatic carbocycles. The van der Waals surface area contributed by atoms with Gasteiger partial charge in [-0.05, 0) is 36.1 Å². The van der Waals surface area contributed by atoms with Gasteiger partial charge in [-0.2, -0.15) is 0 Å². The number of esters is 1. The summed E-state index contributed by atoms with van der Waals surface area (Å²) in [6, 6.07) is 13.0. The number of ether oxygens (including phenoxy) is 1. The first kappa shape index (κ1) is 23.1. The number of carbonyl (C=O) groups excluding carboxylic acids is 2. The lowest BCUT2D eigenvalue weighted by atomic mass is 9.94. The normalized spacial score (nSPS) is 17.3. The van der Waals surface area contributed by atoms with Crippen molar-refractivity contribution in [3.8, 4) is 0 Å². The van der Waals surface area contributed by atoms with Gasteiger partial charge in [0.25, 0.3) is 0 Å². The van der Waals surface area contributed by atoms with Gasteiger partial charge in [0.1, 0.15) is 5.82 Å². The summed E-state index contributed by atoms with van der Waals surface area (Å²) in [5.74, 6) is -1.15. The lowest BCUT2D eigenvalue weighted by Crippen LogP contribution is -2.37. The van der Waals surface area contributed by atoms with Crippen LogP contribution in [-0.2, 0) is 20.9 Å². The van der Waals surface area contributed by atoms with Crippen molar-refractivity contribution in [2.24, 2.45) is 4.99 Å². The highest BCUT2D eigenvalue weighted by atomic mass is 35.5. The Hall–Kier alpha value is -3.10. The number of nitrogens with zero attached hydrogens (tertiary/aromatic N) is 2. The predicted octanol–water partition coefficient (Wildman–Crippen LogP) is 4.93. The van der Waals surface area contributed by atoms with Gasteiger partial charge in [-0.25, -0.2) is 14.2 Å². The molecule has 0 bridgehead atoms. The molecule has 6 nitrogen and oxygen atoms in total. The van der Waals surface area contributed by atoms with Gasteiger partial charge in [0.15, 0.2) is 5.17 Å². The lowest BCUT2D eigenvalue weighted by Gasteiger charge is -2.36. The van der Waals surface area contributed by atoms with E-state index in [2.05, 4.69) is 10.3 Å². The summed E-state index contributed by atoms with van der Waals surface area (Å²) < 4.78 is 18.9. The van der Waals surface area contributed by atoms with Crippen LogP contribution in [0.25, 0.3) is 0 Å². The molecule has 0 unspecified atom stereocenters. The van der Waals surface area contributed by atoms with Crippen molar-refractivity contribution < 1.29 is 18.7 Å². The third kappa shape index (κ3) is 4.82. The molecule has 4 rings (SSSR count). The van der Waals surface area contributed by atoms with E-state index >= 15 is 0 Å². The van der Waals surface area contributed by atoms with Crippen molar-refractivity contribution in [2.45, 2.75) is 25.9 Å². The summed E-state index contributed by atoms with van der Waals surface area (Å²) in [4.78, 5) is 31.9. The number of benzene rings is 2. The number of amides is 1. The molecular formula is C24H21ClFN3O3S. The van der Waals surface area contributed by atoms with E-state index in [1.807, 2.05) is 16.4 Å². The van der Waals surface area contributed by atoms with Crippen LogP contribution in [0.4, 0.5) is 4.39 Å². The summed E-state index contributed by atoms with van der Waals surface area (Å²) in [6.45, 7) is 1.84. The fourth-order valence-corrected chi connectivity index (χ4v) is 4.96. The van der Waals surface area contributed by atoms with Gasteiger partial charge in [0.2, 0.25) is 5.91 Å². The van der Waals surface area contributed by atoms with E-state index in [0.717, 1.165) is 5.56 Å². The summed E-state index contributed by atoms with van der Waals surface area (Å²) in [5, 5.41) is 5.78. The minimum Gasteiger partial charge on any atom is -0.466 e. The molecule has 0 aliphatic carbocycles. The van der Waals surface area contributed by atoms with E-state index in [-0.39, 0.29) is 24.7 Å². The van der Waals surface area contributed by atoms with Crippen molar-refractivity contribution in [1.29, 1.82) is 0 Å². The smallest absolute Gasteiger partial charge is 0.338 e. The van der Waals surface area contributed by atoms with Crippen LogP contribution < -0.4 is 5.32 Å². The second-order valence-corrected chi connectivity index (χ2v) is 8.76. The SMILES string of the molecule is COC(=O)C1=C(C)N=C2SC=C(CC(=O)NCc3ccccc3F)N2[C@H]1c1cccc(Cl)c1. The molecule has 33 heavy (non-hydrogen) atoms. The average molecular weight is 486 g/mol. The number of hydrogen-bond donors (Lipinski definition) is 1. The third-order valence-electron chi connectivity index (χ3n) is 5.35. The number of halogens is 2. The molecule has 2 aromatic rings. The van der Waals surface area contributed by atoms with Crippen molar-refractivity contribution >= 4 is 40.4 Å². The largest absolute Gasteiger partial charge is 0.466 e. The van der Waals surface area contributed by atoms with Crippen LogP contribution in [0.15, 0.2) is 75.9 Å². The molecule has 170 valence electrons. The maximum absolute atomic E-state index is 13.9. The van der Waals surface area contributed by atoms with E-state index in [1.165, 1.54) is 24.9 Å². The number of allylic oxidation sites excluding steroid dienone is 1. The molecule has 0 radical (unpaired) electrons. The molecule has 1 atom stereocenters. The average Bonchev–Trinajstić information content (AvgIpc) is 3.18. The highest BCUT2D eigenvalue weighted by Crippen LogP contribution is 2.45. The highest BCUT2D eigenvalue weighted by molar-refractivity contribution is 8.16. The van der Waals surface area contributed by atoms with Gasteiger partial charge in [-0.3, -0.25) is 4.79 Å². The van der Waals surface area contributed by atoms with Gasteiger partial charge in [-0.1, -0.05) is 53.7 Å². The second kappa shape index (κ2) is 9.80. The maximum atomic E-state index is 13.9. The van der Waals surface area contributed by atoms with Crippen molar-refractivity contribution in [3.63, 3.8) is 0 Å².